The first-order valence-corrected chi connectivity index (χ1v) is 5.57. The molecule has 0 amide bonds. The van der Waals surface area contributed by atoms with E-state index in [1.165, 1.54) is 0 Å². The molecule has 5 heteroatoms. The number of carbonyl (C=O) groups is 1. The standard InChI is InChI=1S/C12H9ClN2O2/c13-8-2-1-3-9(4-8)15-12(5-16)10-6-17-7-11(10)14-15/h1-5H,6-7H2. The molecular formula is C12H9ClN2O2. The number of aldehydes is 1. The van der Waals surface area contributed by atoms with Crippen molar-refractivity contribution in [2.24, 2.45) is 0 Å². The Balaban J connectivity index is 2.18. The molecule has 0 N–H and O–H groups in total. The summed E-state index contributed by atoms with van der Waals surface area (Å²) in [5, 5.41) is 4.99. The fourth-order valence-corrected chi connectivity index (χ4v) is 2.14. The normalized spacial score (nSPS) is 13.7. The lowest BCUT2D eigenvalue weighted by atomic mass is 10.2. The van der Waals surface area contributed by atoms with Crippen LogP contribution in [0.2, 0.25) is 5.02 Å². The van der Waals surface area contributed by atoms with Gasteiger partial charge in [0.1, 0.15) is 5.69 Å². The van der Waals surface area contributed by atoms with Crippen molar-refractivity contribution >= 4 is 17.9 Å². The Hall–Kier alpha value is -1.65. The van der Waals surface area contributed by atoms with Crippen LogP contribution >= 0.6 is 11.6 Å². The average molecular weight is 249 g/mol. The van der Waals surface area contributed by atoms with E-state index in [1.807, 2.05) is 12.1 Å². The fraction of sp³-hybridized carbons (Fsp3) is 0.167. The molecule has 1 aromatic carbocycles. The summed E-state index contributed by atoms with van der Waals surface area (Å²) in [6, 6.07) is 7.25. The summed E-state index contributed by atoms with van der Waals surface area (Å²) >= 11 is 5.93. The number of carbonyl (C=O) groups excluding carboxylic acids is 1. The van der Waals surface area contributed by atoms with Crippen LogP contribution in [-0.4, -0.2) is 16.1 Å². The maximum Gasteiger partial charge on any atom is 0.168 e. The van der Waals surface area contributed by atoms with E-state index in [-0.39, 0.29) is 0 Å². The smallest absolute Gasteiger partial charge is 0.168 e. The van der Waals surface area contributed by atoms with Gasteiger partial charge in [0.05, 0.1) is 24.6 Å². The first-order chi connectivity index (χ1) is 8.29. The molecule has 86 valence electrons. The number of ether oxygens (including phenoxy) is 1. The van der Waals surface area contributed by atoms with E-state index in [4.69, 9.17) is 16.3 Å². The van der Waals surface area contributed by atoms with E-state index in [0.29, 0.717) is 23.9 Å². The minimum absolute atomic E-state index is 0.448. The molecule has 0 bridgehead atoms. The van der Waals surface area contributed by atoms with Crippen LogP contribution in [0.3, 0.4) is 0 Å². The third-order valence-corrected chi connectivity index (χ3v) is 2.99. The van der Waals surface area contributed by atoms with E-state index in [1.54, 1.807) is 16.8 Å². The molecule has 0 unspecified atom stereocenters. The summed E-state index contributed by atoms with van der Waals surface area (Å²) in [4.78, 5) is 11.2. The Kier molecular flexibility index (Phi) is 2.46. The van der Waals surface area contributed by atoms with Crippen molar-refractivity contribution in [2.45, 2.75) is 13.2 Å². The molecule has 0 spiro atoms. The molecule has 1 aliphatic rings. The first-order valence-electron chi connectivity index (χ1n) is 5.19. The van der Waals surface area contributed by atoms with Crippen LogP contribution in [0.1, 0.15) is 21.7 Å². The topological polar surface area (TPSA) is 44.1 Å². The zero-order valence-corrected chi connectivity index (χ0v) is 9.65. The van der Waals surface area contributed by atoms with Crippen molar-refractivity contribution in [3.63, 3.8) is 0 Å². The van der Waals surface area contributed by atoms with Crippen LogP contribution in [0.5, 0.6) is 0 Å². The molecular weight excluding hydrogens is 240 g/mol. The first kappa shape index (κ1) is 10.5. The molecule has 0 fully saturated rings. The van der Waals surface area contributed by atoms with Crippen LogP contribution < -0.4 is 0 Å². The Labute approximate surface area is 103 Å². The van der Waals surface area contributed by atoms with Crippen LogP contribution in [0, 0.1) is 0 Å². The second-order valence-corrected chi connectivity index (χ2v) is 4.25. The van der Waals surface area contributed by atoms with Gasteiger partial charge in [-0.3, -0.25) is 4.79 Å². The molecule has 4 nitrogen and oxygen atoms in total. The average Bonchev–Trinajstić information content (AvgIpc) is 2.88. The predicted molar refractivity (Wildman–Crippen MR) is 62.5 cm³/mol. The van der Waals surface area contributed by atoms with Gasteiger partial charge in [0.25, 0.3) is 0 Å². The van der Waals surface area contributed by atoms with Gasteiger partial charge in [0.2, 0.25) is 0 Å². The Bertz CT molecular complexity index is 592. The molecule has 3 rings (SSSR count). The van der Waals surface area contributed by atoms with Gasteiger partial charge in [-0.05, 0) is 18.2 Å². The highest BCUT2D eigenvalue weighted by atomic mass is 35.5. The van der Waals surface area contributed by atoms with Gasteiger partial charge in [-0.15, -0.1) is 0 Å². The van der Waals surface area contributed by atoms with Crippen molar-refractivity contribution in [3.05, 3.63) is 46.2 Å². The largest absolute Gasteiger partial charge is 0.370 e. The molecule has 1 aromatic heterocycles. The van der Waals surface area contributed by atoms with Gasteiger partial charge in [0.15, 0.2) is 6.29 Å². The molecule has 17 heavy (non-hydrogen) atoms. The van der Waals surface area contributed by atoms with Gasteiger partial charge in [0, 0.05) is 10.6 Å². The Morgan fingerprint density at radius 1 is 1.41 bits per heavy atom. The maximum absolute atomic E-state index is 11.2. The number of hydrogen-bond acceptors (Lipinski definition) is 3. The summed E-state index contributed by atoms with van der Waals surface area (Å²) in [6.45, 7) is 0.910. The lowest BCUT2D eigenvalue weighted by molar-refractivity contribution is 0.110. The van der Waals surface area contributed by atoms with Crippen molar-refractivity contribution in [1.29, 1.82) is 0 Å². The molecule has 2 heterocycles. The van der Waals surface area contributed by atoms with Gasteiger partial charge in [-0.25, -0.2) is 4.68 Å². The zero-order valence-electron chi connectivity index (χ0n) is 8.89. The lowest BCUT2D eigenvalue weighted by Crippen LogP contribution is -2.03. The van der Waals surface area contributed by atoms with Gasteiger partial charge in [-0.2, -0.15) is 5.10 Å². The van der Waals surface area contributed by atoms with Gasteiger partial charge in [-0.1, -0.05) is 17.7 Å². The number of nitrogens with zero attached hydrogens (tertiary/aromatic N) is 2. The van der Waals surface area contributed by atoms with E-state index in [0.717, 1.165) is 23.2 Å². The van der Waals surface area contributed by atoms with Crippen molar-refractivity contribution in [1.82, 2.24) is 9.78 Å². The number of aromatic nitrogens is 2. The van der Waals surface area contributed by atoms with Gasteiger partial charge < -0.3 is 4.74 Å². The van der Waals surface area contributed by atoms with E-state index in [9.17, 15) is 4.79 Å². The quantitative estimate of drug-likeness (QED) is 0.767. The number of rotatable bonds is 2. The Morgan fingerprint density at radius 2 is 2.29 bits per heavy atom. The summed E-state index contributed by atoms with van der Waals surface area (Å²) in [5.41, 5.74) is 3.03. The summed E-state index contributed by atoms with van der Waals surface area (Å²) < 4.78 is 6.87. The third kappa shape index (κ3) is 1.66. The van der Waals surface area contributed by atoms with E-state index < -0.39 is 0 Å². The number of halogens is 1. The minimum Gasteiger partial charge on any atom is -0.370 e. The molecule has 0 radical (unpaired) electrons. The summed E-state index contributed by atoms with van der Waals surface area (Å²) in [6.07, 6.45) is 0.807. The molecule has 1 aliphatic heterocycles. The maximum atomic E-state index is 11.2. The predicted octanol–water partition coefficient (Wildman–Crippen LogP) is 2.37. The van der Waals surface area contributed by atoms with Crippen LogP contribution in [-0.2, 0) is 18.0 Å². The van der Waals surface area contributed by atoms with Crippen LogP contribution in [0.25, 0.3) is 5.69 Å². The molecule has 2 aromatic rings. The van der Waals surface area contributed by atoms with Crippen molar-refractivity contribution in [2.75, 3.05) is 0 Å². The van der Waals surface area contributed by atoms with Crippen molar-refractivity contribution in [3.8, 4) is 5.69 Å². The third-order valence-electron chi connectivity index (χ3n) is 2.76. The monoisotopic (exact) mass is 248 g/mol. The second kappa shape index (κ2) is 3.98. The van der Waals surface area contributed by atoms with Crippen LogP contribution in [0.4, 0.5) is 0 Å². The lowest BCUT2D eigenvalue weighted by Gasteiger charge is -2.05. The zero-order chi connectivity index (χ0) is 11.8. The molecule has 0 atom stereocenters. The van der Waals surface area contributed by atoms with Crippen molar-refractivity contribution < 1.29 is 9.53 Å². The SMILES string of the molecule is O=Cc1c2c(nn1-c1cccc(Cl)c1)COC2. The number of fused-ring (bicyclic) bond motifs is 1. The molecule has 0 aliphatic carbocycles. The highest BCUT2D eigenvalue weighted by Crippen LogP contribution is 2.25. The van der Waals surface area contributed by atoms with E-state index >= 15 is 0 Å². The van der Waals surface area contributed by atoms with Crippen LogP contribution in [0.15, 0.2) is 24.3 Å². The number of hydrogen-bond donors (Lipinski definition) is 0. The highest BCUT2D eigenvalue weighted by Gasteiger charge is 2.23. The molecule has 0 saturated carbocycles. The Morgan fingerprint density at radius 3 is 3.06 bits per heavy atom. The fourth-order valence-electron chi connectivity index (χ4n) is 1.96. The van der Waals surface area contributed by atoms with E-state index in [2.05, 4.69) is 5.10 Å². The number of benzene rings is 1. The molecule has 0 saturated heterocycles. The second-order valence-electron chi connectivity index (χ2n) is 3.81. The highest BCUT2D eigenvalue weighted by molar-refractivity contribution is 6.30. The summed E-state index contributed by atoms with van der Waals surface area (Å²) in [5.74, 6) is 0. The summed E-state index contributed by atoms with van der Waals surface area (Å²) in [7, 11) is 0. The van der Waals surface area contributed by atoms with Gasteiger partial charge >= 0.3 is 0 Å². The minimum atomic E-state index is 0.448.